The Hall–Kier alpha value is -1.45. The van der Waals surface area contributed by atoms with Gasteiger partial charge >= 0.3 is 0 Å². The lowest BCUT2D eigenvalue weighted by Crippen LogP contribution is -1.93. The standard InChI is InChI=1S/C17H14Cl2N2OS2/c1-13(7-8-16(18)19)11-24-17(21-12-20)23-10-9-15(22)14-5-3-2-4-6-14/h2-10H,11H2,1H3. The Balaban J connectivity index is 2.58. The summed E-state index contributed by atoms with van der Waals surface area (Å²) in [5, 5.41) is 10.4. The molecule has 7 heteroatoms. The summed E-state index contributed by atoms with van der Waals surface area (Å²) in [5.41, 5.74) is 1.64. The lowest BCUT2D eigenvalue weighted by Gasteiger charge is -2.01. The van der Waals surface area contributed by atoms with Gasteiger partial charge in [-0.05, 0) is 24.5 Å². The quantitative estimate of drug-likeness (QED) is 0.149. The predicted octanol–water partition coefficient (Wildman–Crippen LogP) is 5.95. The van der Waals surface area contributed by atoms with Crippen LogP contribution < -0.4 is 0 Å². The predicted molar refractivity (Wildman–Crippen MR) is 107 cm³/mol. The third kappa shape index (κ3) is 8.99. The summed E-state index contributed by atoms with van der Waals surface area (Å²) >= 11 is 13.7. The monoisotopic (exact) mass is 396 g/mol. The van der Waals surface area contributed by atoms with Crippen LogP contribution in [0.1, 0.15) is 17.3 Å². The summed E-state index contributed by atoms with van der Waals surface area (Å²) in [6, 6.07) is 8.97. The van der Waals surface area contributed by atoms with E-state index in [1.807, 2.05) is 25.1 Å². The van der Waals surface area contributed by atoms with E-state index in [1.165, 1.54) is 29.6 Å². The molecule has 1 aromatic carbocycles. The smallest absolute Gasteiger partial charge is 0.207 e. The second-order valence-corrected chi connectivity index (χ2v) is 7.51. The molecule has 0 amide bonds. The molecule has 1 aromatic rings. The van der Waals surface area contributed by atoms with Gasteiger partial charge in [-0.1, -0.05) is 88.7 Å². The highest BCUT2D eigenvalue weighted by Crippen LogP contribution is 2.21. The lowest BCUT2D eigenvalue weighted by atomic mass is 10.1. The zero-order valence-electron chi connectivity index (χ0n) is 12.8. The molecule has 0 aliphatic rings. The highest BCUT2D eigenvalue weighted by atomic mass is 35.5. The zero-order chi connectivity index (χ0) is 17.8. The molecule has 0 saturated carbocycles. The number of carbonyl (C=O) groups is 1. The number of halogens is 2. The number of benzene rings is 1. The summed E-state index contributed by atoms with van der Waals surface area (Å²) < 4.78 is 0.741. The van der Waals surface area contributed by atoms with Gasteiger partial charge in [0.2, 0.25) is 6.19 Å². The number of hydrogen-bond donors (Lipinski definition) is 0. The molecule has 0 aliphatic heterocycles. The van der Waals surface area contributed by atoms with E-state index in [0.29, 0.717) is 15.7 Å². The number of ketones is 1. The first-order valence-electron chi connectivity index (χ1n) is 6.73. The third-order valence-corrected chi connectivity index (χ3v) is 4.90. The van der Waals surface area contributed by atoms with E-state index in [0.717, 1.165) is 5.57 Å². The number of nitriles is 1. The van der Waals surface area contributed by atoms with Crippen molar-refractivity contribution in [1.29, 1.82) is 5.26 Å². The summed E-state index contributed by atoms with van der Waals surface area (Å²) in [6.45, 7) is 1.92. The maximum absolute atomic E-state index is 11.9. The Kier molecular flexibility index (Phi) is 10.3. The number of nitrogens with zero attached hydrogens (tertiary/aromatic N) is 2. The average Bonchev–Trinajstić information content (AvgIpc) is 2.58. The fourth-order valence-corrected chi connectivity index (χ4v) is 3.11. The maximum Gasteiger partial charge on any atom is 0.207 e. The van der Waals surface area contributed by atoms with Crippen molar-refractivity contribution in [3.8, 4) is 6.19 Å². The Morgan fingerprint density at radius 2 is 2.00 bits per heavy atom. The molecule has 0 heterocycles. The maximum atomic E-state index is 11.9. The Morgan fingerprint density at radius 1 is 1.29 bits per heavy atom. The van der Waals surface area contributed by atoms with Crippen molar-refractivity contribution in [3.05, 3.63) is 69.6 Å². The summed E-state index contributed by atoms with van der Waals surface area (Å²) in [4.78, 5) is 15.7. The van der Waals surface area contributed by atoms with E-state index in [4.69, 9.17) is 28.5 Å². The Morgan fingerprint density at radius 3 is 2.62 bits per heavy atom. The summed E-state index contributed by atoms with van der Waals surface area (Å²) in [7, 11) is 0. The lowest BCUT2D eigenvalue weighted by molar-refractivity contribution is 0.104. The van der Waals surface area contributed by atoms with Crippen LogP contribution in [0, 0.1) is 11.5 Å². The van der Waals surface area contributed by atoms with Crippen molar-refractivity contribution in [2.24, 2.45) is 4.99 Å². The van der Waals surface area contributed by atoms with Gasteiger partial charge in [0.25, 0.3) is 0 Å². The highest BCUT2D eigenvalue weighted by Gasteiger charge is 2.03. The first-order valence-corrected chi connectivity index (χ1v) is 9.35. The van der Waals surface area contributed by atoms with Crippen LogP contribution in [-0.2, 0) is 0 Å². The van der Waals surface area contributed by atoms with Crippen LogP contribution in [0.15, 0.2) is 69.0 Å². The topological polar surface area (TPSA) is 53.2 Å². The van der Waals surface area contributed by atoms with Crippen LogP contribution in [0.5, 0.6) is 0 Å². The van der Waals surface area contributed by atoms with Gasteiger partial charge in [0.15, 0.2) is 5.78 Å². The molecular weight excluding hydrogens is 383 g/mol. The van der Waals surface area contributed by atoms with Crippen LogP contribution in [0.4, 0.5) is 0 Å². The van der Waals surface area contributed by atoms with E-state index < -0.39 is 0 Å². The minimum absolute atomic E-state index is 0.0950. The number of aliphatic imine (C=N–C) groups is 1. The van der Waals surface area contributed by atoms with Crippen LogP contribution >= 0.6 is 46.7 Å². The Bertz CT molecular complexity index is 716. The van der Waals surface area contributed by atoms with Crippen molar-refractivity contribution in [2.75, 3.05) is 5.75 Å². The van der Waals surface area contributed by atoms with Crippen LogP contribution in [0.3, 0.4) is 0 Å². The molecule has 0 spiro atoms. The van der Waals surface area contributed by atoms with Gasteiger partial charge in [-0.2, -0.15) is 10.3 Å². The minimum Gasteiger partial charge on any atom is -0.289 e. The van der Waals surface area contributed by atoms with Crippen LogP contribution in [0.2, 0.25) is 0 Å². The third-order valence-electron chi connectivity index (χ3n) is 2.51. The van der Waals surface area contributed by atoms with Gasteiger partial charge in [0, 0.05) is 11.3 Å². The molecule has 0 unspecified atom stereocenters. The first-order chi connectivity index (χ1) is 11.5. The van der Waals surface area contributed by atoms with Crippen LogP contribution in [-0.4, -0.2) is 15.9 Å². The molecule has 24 heavy (non-hydrogen) atoms. The molecule has 0 aliphatic carbocycles. The van der Waals surface area contributed by atoms with Crippen LogP contribution in [0.25, 0.3) is 0 Å². The molecule has 0 atom stereocenters. The summed E-state index contributed by atoms with van der Waals surface area (Å²) in [6.07, 6.45) is 6.62. The van der Waals surface area contributed by atoms with E-state index in [1.54, 1.807) is 35.9 Å². The highest BCUT2D eigenvalue weighted by molar-refractivity contribution is 8.40. The van der Waals surface area contributed by atoms with Crippen molar-refractivity contribution < 1.29 is 4.79 Å². The average molecular weight is 397 g/mol. The second-order valence-electron chi connectivity index (χ2n) is 4.39. The van der Waals surface area contributed by atoms with Crippen molar-refractivity contribution in [1.82, 2.24) is 0 Å². The second kappa shape index (κ2) is 12.0. The number of carbonyl (C=O) groups excluding carboxylic acids is 1. The van der Waals surface area contributed by atoms with Crippen molar-refractivity contribution in [2.45, 2.75) is 6.92 Å². The minimum atomic E-state index is -0.0950. The molecule has 1 rings (SSSR count). The molecule has 0 radical (unpaired) electrons. The van der Waals surface area contributed by atoms with E-state index in [2.05, 4.69) is 4.99 Å². The largest absolute Gasteiger partial charge is 0.289 e. The number of thioether (sulfide) groups is 2. The molecule has 0 saturated heterocycles. The van der Waals surface area contributed by atoms with Gasteiger partial charge in [0.1, 0.15) is 8.87 Å². The van der Waals surface area contributed by atoms with Gasteiger partial charge in [-0.3, -0.25) is 4.79 Å². The van der Waals surface area contributed by atoms with Crippen molar-refractivity contribution in [3.63, 3.8) is 0 Å². The van der Waals surface area contributed by atoms with Gasteiger partial charge < -0.3 is 0 Å². The fourth-order valence-electron chi connectivity index (χ4n) is 1.42. The fraction of sp³-hybridized carbons (Fsp3) is 0.118. The SMILES string of the molecule is CC(=CC=C(Cl)Cl)CSC(=NC#N)SC=CC(=O)c1ccccc1. The van der Waals surface area contributed by atoms with Gasteiger partial charge in [-0.15, -0.1) is 0 Å². The molecule has 124 valence electrons. The molecule has 0 N–H and O–H groups in total. The van der Waals surface area contributed by atoms with E-state index in [-0.39, 0.29) is 10.3 Å². The molecular formula is C17H14Cl2N2OS2. The van der Waals surface area contributed by atoms with Crippen molar-refractivity contribution >= 4 is 56.9 Å². The molecule has 0 fully saturated rings. The zero-order valence-corrected chi connectivity index (χ0v) is 15.9. The normalized spacial score (nSPS) is 12.1. The van der Waals surface area contributed by atoms with Gasteiger partial charge in [0.05, 0.1) is 0 Å². The van der Waals surface area contributed by atoms with Gasteiger partial charge in [-0.25, -0.2) is 0 Å². The Labute approximate surface area is 160 Å². The number of rotatable bonds is 6. The summed E-state index contributed by atoms with van der Waals surface area (Å²) in [5.74, 6) is 0.535. The number of allylic oxidation sites excluding steroid dienone is 3. The number of hydrogen-bond acceptors (Lipinski definition) is 5. The molecule has 3 nitrogen and oxygen atoms in total. The molecule has 0 aromatic heterocycles. The molecule has 0 bridgehead atoms. The van der Waals surface area contributed by atoms with E-state index >= 15 is 0 Å². The van der Waals surface area contributed by atoms with E-state index in [9.17, 15) is 4.79 Å². The first kappa shape index (κ1) is 20.6.